The molecule has 1 saturated heterocycles. The molecule has 1 N–H and O–H groups in total. The lowest BCUT2D eigenvalue weighted by Gasteiger charge is -2.26. The van der Waals surface area contributed by atoms with E-state index in [1.165, 1.54) is 22.6 Å². The van der Waals surface area contributed by atoms with Crippen molar-refractivity contribution < 1.29 is 29.6 Å². The first-order valence-corrected chi connectivity index (χ1v) is 7.73. The average Bonchev–Trinajstić information content (AvgIpc) is 2.68. The van der Waals surface area contributed by atoms with Gasteiger partial charge in [-0.15, -0.1) is 0 Å². The molecule has 2 rings (SSSR count). The monoisotopic (exact) mass is 457 g/mol. The molecule has 11 heteroatoms. The normalized spacial score (nSPS) is 32.9. The van der Waals surface area contributed by atoms with Gasteiger partial charge in [0, 0.05) is 26.1 Å². The van der Waals surface area contributed by atoms with E-state index in [9.17, 15) is 23.6 Å². The maximum absolute atomic E-state index is 13.6. The predicted octanol–water partition coefficient (Wildman–Crippen LogP) is 0.0296. The number of nitrogens with zero attached hydrogens (tertiary/aromatic N) is 1. The van der Waals surface area contributed by atoms with E-state index in [0.717, 1.165) is 26.1 Å². The Balaban J connectivity index is 2.64. The number of nitrogens with one attached hydrogen (secondary N) is 1. The number of H-pyrrole nitrogens is 1. The molecule has 9 nitrogen and oxygen atoms in total. The Labute approximate surface area is 149 Å². The fourth-order valence-electron chi connectivity index (χ4n) is 2.15. The summed E-state index contributed by atoms with van der Waals surface area (Å²) in [5.74, 6) is -1.68. The van der Waals surface area contributed by atoms with Crippen LogP contribution in [0.2, 0.25) is 0 Å². The lowest BCUT2D eigenvalue weighted by molar-refractivity contribution is -0.165. The summed E-state index contributed by atoms with van der Waals surface area (Å²) in [6.45, 7) is 0.877. The number of ether oxygens (including phenoxy) is 3. The van der Waals surface area contributed by atoms with Crippen molar-refractivity contribution in [3.63, 3.8) is 0 Å². The molecule has 0 aliphatic carbocycles. The number of aromatic amines is 1. The van der Waals surface area contributed by atoms with Gasteiger partial charge in [0.05, 0.1) is 1.37 Å². The molecule has 0 bridgehead atoms. The van der Waals surface area contributed by atoms with E-state index in [4.69, 9.17) is 15.6 Å². The zero-order chi connectivity index (χ0) is 19.0. The van der Waals surface area contributed by atoms with Crippen molar-refractivity contribution in [1.82, 2.24) is 9.55 Å². The molecule has 0 aromatic carbocycles. The molecule has 1 aromatic heterocycles. The molecular weight excluding hydrogens is 442 g/mol. The number of halogens is 2. The van der Waals surface area contributed by atoms with Crippen LogP contribution in [0.3, 0.4) is 0 Å². The minimum atomic E-state index is -2.47. The van der Waals surface area contributed by atoms with Crippen molar-refractivity contribution in [3.05, 3.63) is 33.1 Å². The third-order valence-corrected chi connectivity index (χ3v) is 4.17. The second-order valence-electron chi connectivity index (χ2n) is 4.90. The molecular formula is C13H14FIN2O7. The second-order valence-corrected chi connectivity index (χ2v) is 6.73. The van der Waals surface area contributed by atoms with Crippen LogP contribution in [0.4, 0.5) is 4.39 Å². The van der Waals surface area contributed by atoms with Crippen molar-refractivity contribution in [3.8, 4) is 0 Å². The number of aromatic nitrogens is 2. The minimum Gasteiger partial charge on any atom is -0.454 e. The van der Waals surface area contributed by atoms with E-state index in [1.807, 2.05) is 4.98 Å². The van der Waals surface area contributed by atoms with Gasteiger partial charge in [-0.25, -0.2) is 9.18 Å². The third kappa shape index (κ3) is 3.66. The van der Waals surface area contributed by atoms with Gasteiger partial charge in [-0.3, -0.25) is 23.9 Å². The van der Waals surface area contributed by atoms with Crippen LogP contribution >= 0.6 is 22.6 Å². The van der Waals surface area contributed by atoms with E-state index in [2.05, 4.69) is 0 Å². The molecule has 1 aliphatic heterocycles. The largest absolute Gasteiger partial charge is 0.454 e. The number of hydrogen-bond acceptors (Lipinski definition) is 7. The van der Waals surface area contributed by atoms with Crippen LogP contribution < -0.4 is 11.2 Å². The number of esters is 2. The van der Waals surface area contributed by atoms with Gasteiger partial charge in [-0.05, 0) is 22.6 Å². The minimum absolute atomic E-state index is 0.620. The van der Waals surface area contributed by atoms with Crippen molar-refractivity contribution in [2.45, 2.75) is 35.9 Å². The first kappa shape index (κ1) is 17.1. The number of carbonyl (C=O) groups excluding carboxylic acids is 2. The van der Waals surface area contributed by atoms with Crippen LogP contribution in [0.1, 0.15) is 21.4 Å². The van der Waals surface area contributed by atoms with Gasteiger partial charge in [-0.1, -0.05) is 0 Å². The summed E-state index contributed by atoms with van der Waals surface area (Å²) in [7, 11) is 0. The lowest BCUT2D eigenvalue weighted by atomic mass is 10.1. The zero-order valence-corrected chi connectivity index (χ0v) is 14.7. The molecule has 4 atom stereocenters. The summed E-state index contributed by atoms with van der Waals surface area (Å²) in [6, 6.07) is 0.940. The van der Waals surface area contributed by atoms with Crippen LogP contribution in [0.25, 0.3) is 0 Å². The van der Waals surface area contributed by atoms with E-state index in [0.29, 0.717) is 4.57 Å². The van der Waals surface area contributed by atoms with Crippen molar-refractivity contribution in [2.75, 3.05) is 6.67 Å². The fourth-order valence-corrected chi connectivity index (χ4v) is 2.82. The maximum Gasteiger partial charge on any atom is 0.330 e. The quantitative estimate of drug-likeness (QED) is 0.385. The molecule has 2 heterocycles. The summed E-state index contributed by atoms with van der Waals surface area (Å²) >= 11 is 1.48. The number of rotatable bonds is 4. The van der Waals surface area contributed by atoms with Crippen LogP contribution in [0.15, 0.2) is 21.9 Å². The topological polar surface area (TPSA) is 117 Å². The molecule has 1 aliphatic rings. The fraction of sp³-hybridized carbons (Fsp3) is 0.538. The number of carbonyl (C=O) groups is 2. The summed E-state index contributed by atoms with van der Waals surface area (Å²) in [4.78, 5) is 48.0. The van der Waals surface area contributed by atoms with Crippen LogP contribution in [0, 0.1) is 0 Å². The highest BCUT2D eigenvalue weighted by molar-refractivity contribution is 14.1. The summed E-state index contributed by atoms with van der Waals surface area (Å²) in [6.07, 6.45) is -4.70. The van der Waals surface area contributed by atoms with E-state index in [-0.39, 0.29) is 0 Å². The van der Waals surface area contributed by atoms with Gasteiger partial charge in [0.15, 0.2) is 22.0 Å². The van der Waals surface area contributed by atoms with Gasteiger partial charge in [0.2, 0.25) is 0 Å². The van der Waals surface area contributed by atoms with Crippen LogP contribution in [-0.2, 0) is 23.8 Å². The van der Waals surface area contributed by atoms with E-state index < -0.39 is 51.9 Å². The zero-order valence-electron chi connectivity index (χ0n) is 13.6. The Kier molecular flexibility index (Phi) is 4.99. The first-order valence-electron chi connectivity index (χ1n) is 7.15. The predicted molar refractivity (Wildman–Crippen MR) is 85.3 cm³/mol. The van der Waals surface area contributed by atoms with Gasteiger partial charge in [0.25, 0.3) is 5.56 Å². The highest BCUT2D eigenvalue weighted by Crippen LogP contribution is 2.44. The Morgan fingerprint density at radius 1 is 1.46 bits per heavy atom. The molecule has 1 aromatic rings. The second kappa shape index (κ2) is 7.01. The summed E-state index contributed by atoms with van der Waals surface area (Å²) in [5, 5.41) is 0. The third-order valence-electron chi connectivity index (χ3n) is 3.05. The van der Waals surface area contributed by atoms with Crippen molar-refractivity contribution in [2.24, 2.45) is 0 Å². The van der Waals surface area contributed by atoms with Crippen LogP contribution in [-0.4, -0.2) is 44.0 Å². The molecule has 0 saturated carbocycles. The number of alkyl halides is 2. The standard InChI is InChI=1S/C13H14FIN2O7/c1-6(18)22-9-10(23-7(2)19)13(15,5-14)24-11(9)17-4-3-8(20)16-12(17)21/h3-4,9-11H,5H2,1-2H3,(H,16,20,21)/t9-,10+,11-,13-/m1/s1/i11D. The summed E-state index contributed by atoms with van der Waals surface area (Å²) in [5.41, 5.74) is -1.77. The molecule has 1 fully saturated rings. The SMILES string of the molecule is [2H][C@@]1(n2ccc(=O)[nH]c2=O)O[C@](I)(CF)[C@@H](OC(C)=O)[C@H]1OC(C)=O. The Hall–Kier alpha value is -1.76. The molecule has 0 unspecified atom stereocenters. The molecule has 24 heavy (non-hydrogen) atoms. The first-order chi connectivity index (χ1) is 11.5. The van der Waals surface area contributed by atoms with Crippen molar-refractivity contribution in [1.29, 1.82) is 0 Å². The number of hydrogen-bond donors (Lipinski definition) is 1. The van der Waals surface area contributed by atoms with Gasteiger partial charge in [0.1, 0.15) is 6.67 Å². The van der Waals surface area contributed by atoms with Crippen LogP contribution in [0.5, 0.6) is 0 Å². The maximum atomic E-state index is 13.6. The molecule has 0 spiro atoms. The van der Waals surface area contributed by atoms with Gasteiger partial charge >= 0.3 is 17.6 Å². The molecule has 132 valence electrons. The summed E-state index contributed by atoms with van der Waals surface area (Å²) < 4.78 is 36.3. The molecule has 0 amide bonds. The Bertz CT molecular complexity index is 814. The van der Waals surface area contributed by atoms with Gasteiger partial charge in [-0.2, -0.15) is 0 Å². The Morgan fingerprint density at radius 3 is 2.58 bits per heavy atom. The lowest BCUT2D eigenvalue weighted by Crippen LogP contribution is -2.45. The average molecular weight is 457 g/mol. The van der Waals surface area contributed by atoms with Crippen molar-refractivity contribution >= 4 is 34.5 Å². The highest BCUT2D eigenvalue weighted by atomic mass is 127. The highest BCUT2D eigenvalue weighted by Gasteiger charge is 2.59. The van der Waals surface area contributed by atoms with E-state index in [1.54, 1.807) is 0 Å². The van der Waals surface area contributed by atoms with E-state index >= 15 is 0 Å². The van der Waals surface area contributed by atoms with Gasteiger partial charge < -0.3 is 14.2 Å². The molecule has 0 radical (unpaired) electrons. The Morgan fingerprint density at radius 2 is 2.08 bits per heavy atom. The smallest absolute Gasteiger partial charge is 0.330 e.